The highest BCUT2D eigenvalue weighted by molar-refractivity contribution is 6.99. The lowest BCUT2D eigenvalue weighted by atomic mass is 10.2. The standard InChI is InChI=1S/C21H28O2Si/c1-6-20(17(2)22)23-24(21(3,4)5,18-13-9-7-10-14-18)19-15-11-8-12-16-19/h7-16,20H,6H2,1-5H3. The van der Waals surface area contributed by atoms with Crippen LogP contribution in [0.15, 0.2) is 60.7 Å². The number of carbonyl (C=O) groups excluding carboxylic acids is 1. The second-order valence-corrected chi connectivity index (χ2v) is 11.5. The predicted molar refractivity (Wildman–Crippen MR) is 103 cm³/mol. The fraction of sp³-hybridized carbons (Fsp3) is 0.381. The van der Waals surface area contributed by atoms with Crippen LogP contribution in [0.4, 0.5) is 0 Å². The zero-order chi connectivity index (χ0) is 17.8. The number of benzene rings is 2. The molecule has 0 spiro atoms. The average Bonchev–Trinajstić information content (AvgIpc) is 2.56. The van der Waals surface area contributed by atoms with E-state index in [0.717, 1.165) is 0 Å². The summed E-state index contributed by atoms with van der Waals surface area (Å²) in [5.74, 6) is 0.102. The first-order chi connectivity index (χ1) is 11.3. The van der Waals surface area contributed by atoms with Crippen molar-refractivity contribution in [2.45, 2.75) is 52.2 Å². The van der Waals surface area contributed by atoms with Gasteiger partial charge in [-0.2, -0.15) is 0 Å². The number of ketones is 1. The molecule has 0 aliphatic rings. The summed E-state index contributed by atoms with van der Waals surface area (Å²) in [6, 6.07) is 20.9. The lowest BCUT2D eigenvalue weighted by molar-refractivity contribution is -0.124. The van der Waals surface area contributed by atoms with Crippen LogP contribution in [0.5, 0.6) is 0 Å². The van der Waals surface area contributed by atoms with Gasteiger partial charge in [-0.25, -0.2) is 0 Å². The number of carbonyl (C=O) groups is 1. The summed E-state index contributed by atoms with van der Waals surface area (Å²) in [4.78, 5) is 12.1. The van der Waals surface area contributed by atoms with Crippen LogP contribution in [0.1, 0.15) is 41.0 Å². The van der Waals surface area contributed by atoms with E-state index in [1.165, 1.54) is 10.4 Å². The molecule has 0 saturated carbocycles. The van der Waals surface area contributed by atoms with Crippen molar-refractivity contribution in [2.24, 2.45) is 0 Å². The number of Topliss-reactive ketones (excluding diaryl/α,β-unsaturated/α-hetero) is 1. The van der Waals surface area contributed by atoms with Gasteiger partial charge in [0.2, 0.25) is 0 Å². The van der Waals surface area contributed by atoms with Gasteiger partial charge in [0.1, 0.15) is 6.10 Å². The highest BCUT2D eigenvalue weighted by atomic mass is 28.4. The molecule has 0 aliphatic carbocycles. The molecule has 0 aromatic heterocycles. The van der Waals surface area contributed by atoms with Crippen LogP contribution in [0.25, 0.3) is 0 Å². The van der Waals surface area contributed by atoms with Gasteiger partial charge in [-0.05, 0) is 28.8 Å². The molecule has 2 aromatic carbocycles. The fourth-order valence-electron chi connectivity index (χ4n) is 3.36. The van der Waals surface area contributed by atoms with Gasteiger partial charge in [0.05, 0.1) is 0 Å². The van der Waals surface area contributed by atoms with Crippen LogP contribution < -0.4 is 10.4 Å². The number of hydrogen-bond acceptors (Lipinski definition) is 2. The Morgan fingerprint density at radius 1 is 0.958 bits per heavy atom. The van der Waals surface area contributed by atoms with Crippen molar-refractivity contribution in [3.05, 3.63) is 60.7 Å². The average molecular weight is 341 g/mol. The molecule has 0 amide bonds. The van der Waals surface area contributed by atoms with Crippen molar-refractivity contribution in [3.63, 3.8) is 0 Å². The SMILES string of the molecule is CCC(O[Si](c1ccccc1)(c1ccccc1)C(C)(C)C)C(C)=O. The number of rotatable bonds is 6. The van der Waals surface area contributed by atoms with Crippen molar-refractivity contribution < 1.29 is 9.22 Å². The van der Waals surface area contributed by atoms with E-state index in [1.807, 2.05) is 19.1 Å². The fourth-order valence-corrected chi connectivity index (χ4v) is 8.13. The molecule has 0 N–H and O–H groups in total. The molecule has 0 heterocycles. The maximum Gasteiger partial charge on any atom is 0.262 e. The molecule has 0 aliphatic heterocycles. The molecule has 2 nitrogen and oxygen atoms in total. The van der Waals surface area contributed by atoms with Crippen LogP contribution in [0.2, 0.25) is 5.04 Å². The molecule has 2 rings (SSSR count). The van der Waals surface area contributed by atoms with Gasteiger partial charge in [0, 0.05) is 0 Å². The zero-order valence-electron chi connectivity index (χ0n) is 15.4. The van der Waals surface area contributed by atoms with E-state index < -0.39 is 8.32 Å². The van der Waals surface area contributed by atoms with Crippen molar-refractivity contribution in [1.29, 1.82) is 0 Å². The Morgan fingerprint density at radius 3 is 1.67 bits per heavy atom. The maximum atomic E-state index is 12.1. The minimum absolute atomic E-state index is 0.0986. The topological polar surface area (TPSA) is 26.3 Å². The van der Waals surface area contributed by atoms with E-state index in [4.69, 9.17) is 4.43 Å². The van der Waals surface area contributed by atoms with Crippen molar-refractivity contribution >= 4 is 24.5 Å². The van der Waals surface area contributed by atoms with Crippen molar-refractivity contribution in [2.75, 3.05) is 0 Å². The molecule has 0 bridgehead atoms. The third-order valence-electron chi connectivity index (χ3n) is 4.56. The second kappa shape index (κ2) is 7.45. The Labute approximate surface area is 147 Å². The summed E-state index contributed by atoms with van der Waals surface area (Å²) in [7, 11) is -2.62. The molecule has 1 unspecified atom stereocenters. The van der Waals surface area contributed by atoms with Gasteiger partial charge in [-0.15, -0.1) is 0 Å². The zero-order valence-corrected chi connectivity index (χ0v) is 16.4. The van der Waals surface area contributed by atoms with Crippen LogP contribution in [-0.4, -0.2) is 20.2 Å². The number of hydrogen-bond donors (Lipinski definition) is 0. The minimum atomic E-state index is -2.62. The van der Waals surface area contributed by atoms with E-state index in [-0.39, 0.29) is 16.9 Å². The van der Waals surface area contributed by atoms with Crippen LogP contribution in [-0.2, 0) is 9.22 Å². The van der Waals surface area contributed by atoms with Crippen LogP contribution in [0, 0.1) is 0 Å². The Morgan fingerprint density at radius 2 is 1.38 bits per heavy atom. The normalized spacial score (nSPS) is 13.5. The molecular weight excluding hydrogens is 312 g/mol. The Kier molecular flexibility index (Phi) is 5.78. The molecular formula is C21H28O2Si. The highest BCUT2D eigenvalue weighted by Gasteiger charge is 2.51. The largest absolute Gasteiger partial charge is 0.397 e. The molecule has 3 heteroatoms. The third-order valence-corrected chi connectivity index (χ3v) is 9.60. The molecule has 24 heavy (non-hydrogen) atoms. The molecule has 128 valence electrons. The second-order valence-electron chi connectivity index (χ2n) is 7.29. The molecule has 0 radical (unpaired) electrons. The van der Waals surface area contributed by atoms with Gasteiger partial charge >= 0.3 is 0 Å². The summed E-state index contributed by atoms with van der Waals surface area (Å²) in [5, 5.41) is 2.32. The summed E-state index contributed by atoms with van der Waals surface area (Å²) >= 11 is 0. The first-order valence-corrected chi connectivity index (χ1v) is 10.5. The Balaban J connectivity index is 2.73. The minimum Gasteiger partial charge on any atom is -0.397 e. The van der Waals surface area contributed by atoms with Crippen molar-refractivity contribution in [3.8, 4) is 0 Å². The first-order valence-electron chi connectivity index (χ1n) is 8.62. The first kappa shape index (κ1) is 18.6. The molecule has 1 atom stereocenters. The monoisotopic (exact) mass is 340 g/mol. The molecule has 2 aromatic rings. The van der Waals surface area contributed by atoms with Gasteiger partial charge in [-0.1, -0.05) is 88.4 Å². The predicted octanol–water partition coefficient (Wildman–Crippen LogP) is 3.93. The Hall–Kier alpha value is -1.71. The summed E-state index contributed by atoms with van der Waals surface area (Å²) in [5.41, 5.74) is 0. The van der Waals surface area contributed by atoms with Gasteiger partial charge in [-0.3, -0.25) is 4.79 Å². The van der Waals surface area contributed by atoms with Crippen LogP contribution in [0.3, 0.4) is 0 Å². The lowest BCUT2D eigenvalue weighted by Crippen LogP contribution is -2.68. The maximum absolute atomic E-state index is 12.1. The van der Waals surface area contributed by atoms with Gasteiger partial charge < -0.3 is 4.43 Å². The summed E-state index contributed by atoms with van der Waals surface area (Å²) in [6.45, 7) is 10.3. The van der Waals surface area contributed by atoms with E-state index in [0.29, 0.717) is 6.42 Å². The smallest absolute Gasteiger partial charge is 0.262 e. The third kappa shape index (κ3) is 3.52. The summed E-state index contributed by atoms with van der Waals surface area (Å²) in [6.07, 6.45) is 0.330. The highest BCUT2D eigenvalue weighted by Crippen LogP contribution is 2.37. The van der Waals surface area contributed by atoms with E-state index in [9.17, 15) is 4.79 Å². The Bertz CT molecular complexity index is 620. The van der Waals surface area contributed by atoms with E-state index in [2.05, 4.69) is 69.3 Å². The van der Waals surface area contributed by atoms with E-state index >= 15 is 0 Å². The summed E-state index contributed by atoms with van der Waals surface area (Å²) < 4.78 is 6.77. The van der Waals surface area contributed by atoms with E-state index in [1.54, 1.807) is 6.92 Å². The van der Waals surface area contributed by atoms with Gasteiger partial charge in [0.25, 0.3) is 8.32 Å². The quantitative estimate of drug-likeness (QED) is 0.745. The van der Waals surface area contributed by atoms with Crippen molar-refractivity contribution in [1.82, 2.24) is 0 Å². The van der Waals surface area contributed by atoms with Crippen LogP contribution >= 0.6 is 0 Å². The molecule has 0 fully saturated rings. The molecule has 0 saturated heterocycles. The lowest BCUT2D eigenvalue weighted by Gasteiger charge is -2.44. The van der Waals surface area contributed by atoms with Gasteiger partial charge in [0.15, 0.2) is 5.78 Å².